The van der Waals surface area contributed by atoms with Gasteiger partial charge in [0.05, 0.1) is 6.26 Å². The summed E-state index contributed by atoms with van der Waals surface area (Å²) in [5.74, 6) is 0. The van der Waals surface area contributed by atoms with E-state index in [4.69, 9.17) is 16.3 Å². The molecule has 0 aromatic rings. The number of hydrogen-bond acceptors (Lipinski definition) is 1. The topological polar surface area (TPSA) is 9.23 Å². The molecule has 0 aromatic carbocycles. The molecule has 0 saturated carbocycles. The molecular weight excluding hydrogens is 124 g/mol. The van der Waals surface area contributed by atoms with Gasteiger partial charge in [0, 0.05) is 6.42 Å². The highest BCUT2D eigenvalue weighted by Crippen LogP contribution is 2.03. The Kier molecular flexibility index (Phi) is 4.47. The minimum atomic E-state index is -0.301. The molecule has 0 saturated heterocycles. The van der Waals surface area contributed by atoms with E-state index in [1.165, 1.54) is 6.26 Å². The smallest absolute Gasteiger partial charge is 0.174 e. The Labute approximate surface area is 54.6 Å². The van der Waals surface area contributed by atoms with E-state index in [0.29, 0.717) is 6.42 Å². The quantitative estimate of drug-likeness (QED) is 0.324. The molecule has 2 heteroatoms. The summed E-state index contributed by atoms with van der Waals surface area (Å²) in [5.41, 5.74) is -0.301. The summed E-state index contributed by atoms with van der Waals surface area (Å²) in [6, 6.07) is 0. The Morgan fingerprint density at radius 1 is 1.62 bits per heavy atom. The fraction of sp³-hybridized carbons (Fsp3) is 0.333. The molecule has 1 nitrogen and oxygen atoms in total. The molecule has 0 aromatic heterocycles. The Hall–Kier alpha value is -0.430. The van der Waals surface area contributed by atoms with E-state index < -0.39 is 0 Å². The summed E-state index contributed by atoms with van der Waals surface area (Å²) in [4.78, 5) is 0. The molecule has 46 valence electrons. The van der Waals surface area contributed by atoms with Gasteiger partial charge in [0.2, 0.25) is 0 Å². The molecule has 0 fully saturated rings. The van der Waals surface area contributed by atoms with Gasteiger partial charge in [0.1, 0.15) is 0 Å². The van der Waals surface area contributed by atoms with Crippen molar-refractivity contribution in [2.24, 2.45) is 0 Å². The largest absolute Gasteiger partial charge is 0.483 e. The Balaban J connectivity index is 3.16. The first-order chi connectivity index (χ1) is 3.81. The van der Waals surface area contributed by atoms with Gasteiger partial charge in [-0.25, -0.2) is 0 Å². The molecule has 0 rings (SSSR count). The van der Waals surface area contributed by atoms with Crippen molar-refractivity contribution in [2.45, 2.75) is 12.0 Å². The minimum Gasteiger partial charge on any atom is -0.483 e. The van der Waals surface area contributed by atoms with E-state index in [0.717, 1.165) is 0 Å². The SMILES string of the molecule is C=CCC(Cl)OC=C. The van der Waals surface area contributed by atoms with Crippen LogP contribution in [0.2, 0.25) is 0 Å². The predicted octanol–water partition coefficient (Wildman–Crippen LogP) is 2.29. The van der Waals surface area contributed by atoms with E-state index in [-0.39, 0.29) is 5.56 Å². The van der Waals surface area contributed by atoms with Gasteiger partial charge in [0.15, 0.2) is 5.56 Å². The maximum Gasteiger partial charge on any atom is 0.174 e. The lowest BCUT2D eigenvalue weighted by Gasteiger charge is -2.03. The van der Waals surface area contributed by atoms with E-state index in [2.05, 4.69) is 13.2 Å². The van der Waals surface area contributed by atoms with Gasteiger partial charge in [-0.2, -0.15) is 0 Å². The Morgan fingerprint density at radius 3 is 2.62 bits per heavy atom. The Morgan fingerprint density at radius 2 is 2.25 bits per heavy atom. The molecule has 0 radical (unpaired) electrons. The third kappa shape index (κ3) is 3.75. The van der Waals surface area contributed by atoms with Crippen LogP contribution in [-0.4, -0.2) is 5.56 Å². The van der Waals surface area contributed by atoms with Crippen LogP contribution in [0.25, 0.3) is 0 Å². The van der Waals surface area contributed by atoms with Gasteiger partial charge in [-0.1, -0.05) is 24.3 Å². The van der Waals surface area contributed by atoms with Crippen molar-refractivity contribution >= 4 is 11.6 Å². The third-order valence-corrected chi connectivity index (χ3v) is 0.877. The second kappa shape index (κ2) is 4.72. The van der Waals surface area contributed by atoms with E-state index in [9.17, 15) is 0 Å². The number of alkyl halides is 1. The number of rotatable bonds is 4. The summed E-state index contributed by atoms with van der Waals surface area (Å²) in [6.07, 6.45) is 3.66. The van der Waals surface area contributed by atoms with Crippen LogP contribution >= 0.6 is 11.6 Å². The van der Waals surface area contributed by atoms with Crippen LogP contribution < -0.4 is 0 Å². The molecule has 0 aliphatic rings. The van der Waals surface area contributed by atoms with Crippen molar-refractivity contribution in [1.29, 1.82) is 0 Å². The van der Waals surface area contributed by atoms with E-state index >= 15 is 0 Å². The highest BCUT2D eigenvalue weighted by atomic mass is 35.5. The molecule has 0 spiro atoms. The van der Waals surface area contributed by atoms with E-state index in [1.54, 1.807) is 6.08 Å². The monoisotopic (exact) mass is 132 g/mol. The average molecular weight is 133 g/mol. The van der Waals surface area contributed by atoms with Gasteiger partial charge in [-0.05, 0) is 0 Å². The highest BCUT2D eigenvalue weighted by molar-refractivity contribution is 6.19. The normalized spacial score (nSPS) is 12.1. The zero-order chi connectivity index (χ0) is 6.41. The molecule has 0 amide bonds. The molecule has 0 aliphatic heterocycles. The lowest BCUT2D eigenvalue weighted by atomic mass is 10.4. The molecule has 0 N–H and O–H groups in total. The maximum absolute atomic E-state index is 5.52. The maximum atomic E-state index is 5.52. The van der Waals surface area contributed by atoms with Crippen LogP contribution in [0.3, 0.4) is 0 Å². The predicted molar refractivity (Wildman–Crippen MR) is 35.7 cm³/mol. The fourth-order valence-corrected chi connectivity index (χ4v) is 0.490. The minimum absolute atomic E-state index is 0.301. The average Bonchev–Trinajstić information content (AvgIpc) is 1.68. The van der Waals surface area contributed by atoms with Crippen LogP contribution in [0.1, 0.15) is 6.42 Å². The second-order valence-electron chi connectivity index (χ2n) is 1.24. The first-order valence-electron chi connectivity index (χ1n) is 2.32. The molecule has 1 unspecified atom stereocenters. The Bertz CT molecular complexity index is 70.6. The van der Waals surface area contributed by atoms with Crippen LogP contribution in [-0.2, 0) is 4.74 Å². The van der Waals surface area contributed by atoms with Crippen molar-refractivity contribution in [3.05, 3.63) is 25.5 Å². The zero-order valence-corrected chi connectivity index (χ0v) is 5.40. The first kappa shape index (κ1) is 7.57. The molecule has 0 heterocycles. The van der Waals surface area contributed by atoms with Crippen molar-refractivity contribution < 1.29 is 4.74 Å². The number of ether oxygens (including phenoxy) is 1. The van der Waals surface area contributed by atoms with Crippen LogP contribution in [0.4, 0.5) is 0 Å². The standard InChI is InChI=1S/C6H9ClO/c1-3-5-6(7)8-4-2/h3-4,6H,1-2,5H2. The van der Waals surface area contributed by atoms with Crippen LogP contribution in [0.5, 0.6) is 0 Å². The highest BCUT2D eigenvalue weighted by Gasteiger charge is 1.95. The van der Waals surface area contributed by atoms with Crippen molar-refractivity contribution in [3.63, 3.8) is 0 Å². The van der Waals surface area contributed by atoms with Crippen molar-refractivity contribution in [3.8, 4) is 0 Å². The van der Waals surface area contributed by atoms with Gasteiger partial charge in [-0.3, -0.25) is 0 Å². The third-order valence-electron chi connectivity index (χ3n) is 0.596. The van der Waals surface area contributed by atoms with Gasteiger partial charge in [0.25, 0.3) is 0 Å². The van der Waals surface area contributed by atoms with Crippen LogP contribution in [0.15, 0.2) is 25.5 Å². The molecule has 0 aliphatic carbocycles. The summed E-state index contributed by atoms with van der Waals surface area (Å²) >= 11 is 5.52. The van der Waals surface area contributed by atoms with Crippen molar-refractivity contribution in [1.82, 2.24) is 0 Å². The van der Waals surface area contributed by atoms with Gasteiger partial charge < -0.3 is 4.74 Å². The molecule has 0 bridgehead atoms. The van der Waals surface area contributed by atoms with Crippen molar-refractivity contribution in [2.75, 3.05) is 0 Å². The lowest BCUT2D eigenvalue weighted by Crippen LogP contribution is -1.96. The number of hydrogen-bond donors (Lipinski definition) is 0. The lowest BCUT2D eigenvalue weighted by molar-refractivity contribution is 0.220. The second-order valence-corrected chi connectivity index (χ2v) is 1.72. The summed E-state index contributed by atoms with van der Waals surface area (Å²) in [6.45, 7) is 6.83. The van der Waals surface area contributed by atoms with Gasteiger partial charge in [-0.15, -0.1) is 6.58 Å². The number of halogens is 1. The molecular formula is C6H9ClO. The van der Waals surface area contributed by atoms with E-state index in [1.807, 2.05) is 0 Å². The van der Waals surface area contributed by atoms with Crippen LogP contribution in [0, 0.1) is 0 Å². The summed E-state index contributed by atoms with van der Waals surface area (Å²) in [5, 5.41) is 0. The molecule has 1 atom stereocenters. The van der Waals surface area contributed by atoms with Gasteiger partial charge >= 0.3 is 0 Å². The first-order valence-corrected chi connectivity index (χ1v) is 2.76. The molecule has 8 heavy (non-hydrogen) atoms. The zero-order valence-electron chi connectivity index (χ0n) is 4.64. The fourth-order valence-electron chi connectivity index (χ4n) is 0.291. The summed E-state index contributed by atoms with van der Waals surface area (Å²) in [7, 11) is 0. The summed E-state index contributed by atoms with van der Waals surface area (Å²) < 4.78 is 4.74.